The molecule has 1 unspecified atom stereocenters. The van der Waals surface area contributed by atoms with E-state index in [1.165, 1.54) is 0 Å². The molecule has 18 heavy (non-hydrogen) atoms. The molecule has 1 atom stereocenters. The second-order valence-corrected chi connectivity index (χ2v) is 6.55. The van der Waals surface area contributed by atoms with Gasteiger partial charge in [0.2, 0.25) is 5.91 Å². The molecule has 2 N–H and O–H groups in total. The van der Waals surface area contributed by atoms with Crippen molar-refractivity contribution in [2.75, 3.05) is 12.3 Å². The third kappa shape index (κ3) is 4.52. The van der Waals surface area contributed by atoms with Gasteiger partial charge in [-0.05, 0) is 34.1 Å². The van der Waals surface area contributed by atoms with Crippen LogP contribution in [0.15, 0.2) is 4.99 Å². The molecule has 1 amide bonds. The third-order valence-corrected chi connectivity index (χ3v) is 4.19. The second kappa shape index (κ2) is 7.02. The zero-order valence-corrected chi connectivity index (χ0v) is 12.7. The topological polar surface area (TPSA) is 58.7 Å². The first-order chi connectivity index (χ1) is 8.41. The number of aliphatic imine (C=N–C) groups is 1. The number of hydrogen-bond donors (Lipinski definition) is 1. The van der Waals surface area contributed by atoms with Crippen LogP contribution >= 0.6 is 11.8 Å². The van der Waals surface area contributed by atoms with Crippen LogP contribution in [0.5, 0.6) is 0 Å². The molecule has 104 valence electrons. The first-order valence-electron chi connectivity index (χ1n) is 6.66. The number of likely N-dealkylation sites (tertiary alicyclic amines) is 1. The lowest BCUT2D eigenvalue weighted by Crippen LogP contribution is -2.34. The summed E-state index contributed by atoms with van der Waals surface area (Å²) in [6.07, 6.45) is 1.73. The molecule has 0 radical (unpaired) electrons. The van der Waals surface area contributed by atoms with Gasteiger partial charge in [-0.1, -0.05) is 0 Å². The van der Waals surface area contributed by atoms with Crippen LogP contribution in [0.3, 0.4) is 0 Å². The average molecular weight is 271 g/mol. The van der Waals surface area contributed by atoms with Crippen LogP contribution in [0, 0.1) is 0 Å². The number of carbonyl (C=O) groups is 1. The molecule has 5 heteroatoms. The summed E-state index contributed by atoms with van der Waals surface area (Å²) in [5.74, 6) is 1.86. The minimum atomic E-state index is 0.124. The number of nitrogens with zero attached hydrogens (tertiary/aromatic N) is 2. The summed E-state index contributed by atoms with van der Waals surface area (Å²) in [6.45, 7) is 9.06. The van der Waals surface area contributed by atoms with Crippen molar-refractivity contribution >= 4 is 23.5 Å². The van der Waals surface area contributed by atoms with Gasteiger partial charge in [0, 0.05) is 30.8 Å². The van der Waals surface area contributed by atoms with Gasteiger partial charge in [-0.2, -0.15) is 0 Å². The van der Waals surface area contributed by atoms with Gasteiger partial charge in [-0.3, -0.25) is 9.79 Å². The fourth-order valence-electron chi connectivity index (χ4n) is 2.04. The van der Waals surface area contributed by atoms with E-state index in [9.17, 15) is 4.79 Å². The Morgan fingerprint density at radius 1 is 1.50 bits per heavy atom. The van der Waals surface area contributed by atoms with Gasteiger partial charge in [0.15, 0.2) is 0 Å². The van der Waals surface area contributed by atoms with E-state index in [4.69, 9.17) is 5.73 Å². The summed E-state index contributed by atoms with van der Waals surface area (Å²) < 4.78 is 0. The molecular formula is C13H25N3OS. The Morgan fingerprint density at radius 3 is 2.67 bits per heavy atom. The highest BCUT2D eigenvalue weighted by Crippen LogP contribution is 2.25. The lowest BCUT2D eigenvalue weighted by molar-refractivity contribution is -0.128. The van der Waals surface area contributed by atoms with Crippen LogP contribution in [0.4, 0.5) is 0 Å². The summed E-state index contributed by atoms with van der Waals surface area (Å²) in [5, 5.41) is 0.124. The van der Waals surface area contributed by atoms with Crippen LogP contribution in [0.2, 0.25) is 0 Å². The van der Waals surface area contributed by atoms with Crippen molar-refractivity contribution in [2.24, 2.45) is 10.7 Å². The van der Waals surface area contributed by atoms with Crippen molar-refractivity contribution in [1.82, 2.24) is 4.90 Å². The van der Waals surface area contributed by atoms with Gasteiger partial charge < -0.3 is 10.6 Å². The molecule has 0 bridgehead atoms. The van der Waals surface area contributed by atoms with Crippen LogP contribution in [0.1, 0.15) is 40.5 Å². The van der Waals surface area contributed by atoms with E-state index in [0.29, 0.717) is 11.9 Å². The van der Waals surface area contributed by atoms with E-state index in [2.05, 4.69) is 18.8 Å². The Morgan fingerprint density at radius 2 is 2.17 bits per heavy atom. The molecule has 1 aliphatic heterocycles. The smallest absolute Gasteiger partial charge is 0.235 e. The lowest BCUT2D eigenvalue weighted by Gasteiger charge is -2.20. The summed E-state index contributed by atoms with van der Waals surface area (Å²) >= 11 is 1.72. The third-order valence-electron chi connectivity index (χ3n) is 2.92. The number of nitrogens with two attached hydrogens (primary N) is 1. The molecule has 1 aliphatic rings. The molecule has 0 aliphatic carbocycles. The number of carbonyl (C=O) groups excluding carboxylic acids is 1. The average Bonchev–Trinajstić information content (AvgIpc) is 2.59. The normalized spacial score (nSPS) is 21.4. The highest BCUT2D eigenvalue weighted by molar-refractivity contribution is 8.00. The zero-order chi connectivity index (χ0) is 13.7. The number of rotatable bonds is 6. The Kier molecular flexibility index (Phi) is 5.99. The number of amidine groups is 1. The van der Waals surface area contributed by atoms with Crippen LogP contribution in [0.25, 0.3) is 0 Å². The van der Waals surface area contributed by atoms with Crippen LogP contribution in [-0.4, -0.2) is 46.3 Å². The molecular weight excluding hydrogens is 246 g/mol. The van der Waals surface area contributed by atoms with E-state index < -0.39 is 0 Å². The summed E-state index contributed by atoms with van der Waals surface area (Å²) in [7, 11) is 0. The maximum Gasteiger partial charge on any atom is 0.235 e. The van der Waals surface area contributed by atoms with Crippen molar-refractivity contribution < 1.29 is 4.79 Å². The quantitative estimate of drug-likeness (QED) is 0.593. The van der Waals surface area contributed by atoms with Gasteiger partial charge in [-0.15, -0.1) is 11.8 Å². The molecule has 0 aromatic heterocycles. The first-order valence-corrected chi connectivity index (χ1v) is 7.71. The van der Waals surface area contributed by atoms with Crippen molar-refractivity contribution in [3.8, 4) is 0 Å². The molecule has 1 saturated heterocycles. The molecule has 0 aromatic carbocycles. The number of thioether (sulfide) groups is 1. The van der Waals surface area contributed by atoms with Crippen molar-refractivity contribution in [3.05, 3.63) is 0 Å². The van der Waals surface area contributed by atoms with Crippen molar-refractivity contribution in [2.45, 2.75) is 57.9 Å². The monoisotopic (exact) mass is 271 g/mol. The number of hydrogen-bond acceptors (Lipinski definition) is 3. The molecule has 1 rings (SSSR count). The Balaban J connectivity index is 2.31. The largest absolute Gasteiger partial charge is 0.387 e. The zero-order valence-electron chi connectivity index (χ0n) is 11.8. The molecule has 0 spiro atoms. The van der Waals surface area contributed by atoms with Crippen molar-refractivity contribution in [1.29, 1.82) is 0 Å². The molecule has 0 aromatic rings. The number of amides is 1. The van der Waals surface area contributed by atoms with Crippen molar-refractivity contribution in [3.63, 3.8) is 0 Å². The first kappa shape index (κ1) is 15.3. The summed E-state index contributed by atoms with van der Waals surface area (Å²) in [6, 6.07) is 0.565. The SMILES string of the molecule is CC(C)N=C(N)CCSC1CCN(C(C)C)C1=O. The van der Waals surface area contributed by atoms with E-state index in [1.54, 1.807) is 11.8 Å². The van der Waals surface area contributed by atoms with E-state index >= 15 is 0 Å². The van der Waals surface area contributed by atoms with Gasteiger partial charge >= 0.3 is 0 Å². The van der Waals surface area contributed by atoms with Crippen LogP contribution < -0.4 is 5.73 Å². The van der Waals surface area contributed by atoms with Gasteiger partial charge in [0.25, 0.3) is 0 Å². The minimum Gasteiger partial charge on any atom is -0.387 e. The summed E-state index contributed by atoms with van der Waals surface area (Å²) in [5.41, 5.74) is 5.81. The lowest BCUT2D eigenvalue weighted by atomic mass is 10.3. The second-order valence-electron chi connectivity index (χ2n) is 5.24. The maximum absolute atomic E-state index is 12.0. The minimum absolute atomic E-state index is 0.124. The molecule has 0 saturated carbocycles. The molecule has 1 heterocycles. The highest BCUT2D eigenvalue weighted by Gasteiger charge is 2.32. The molecule has 1 fully saturated rings. The Labute approximate surface area is 114 Å². The van der Waals surface area contributed by atoms with Gasteiger partial charge in [-0.25, -0.2) is 0 Å². The van der Waals surface area contributed by atoms with Gasteiger partial charge in [0.1, 0.15) is 0 Å². The maximum atomic E-state index is 12.0. The van der Waals surface area contributed by atoms with Crippen LogP contribution in [-0.2, 0) is 4.79 Å². The van der Waals surface area contributed by atoms with E-state index in [1.807, 2.05) is 18.7 Å². The standard InChI is InChI=1S/C13H25N3OS/c1-9(2)15-12(14)6-8-18-11-5-7-16(10(3)4)13(11)17/h9-11H,5-8H2,1-4H3,(H2,14,15). The summed E-state index contributed by atoms with van der Waals surface area (Å²) in [4.78, 5) is 18.3. The Bertz CT molecular complexity index is 315. The van der Waals surface area contributed by atoms with E-state index in [-0.39, 0.29) is 17.2 Å². The molecule has 4 nitrogen and oxygen atoms in total. The predicted molar refractivity (Wildman–Crippen MR) is 79.1 cm³/mol. The van der Waals surface area contributed by atoms with E-state index in [0.717, 1.165) is 25.1 Å². The highest BCUT2D eigenvalue weighted by atomic mass is 32.2. The fraction of sp³-hybridized carbons (Fsp3) is 0.846. The van der Waals surface area contributed by atoms with Gasteiger partial charge in [0.05, 0.1) is 11.1 Å². The Hall–Kier alpha value is -0.710. The fourth-order valence-corrected chi connectivity index (χ4v) is 3.21. The predicted octanol–water partition coefficient (Wildman–Crippen LogP) is 1.88.